The Morgan fingerprint density at radius 2 is 1.93 bits per heavy atom. The highest BCUT2D eigenvalue weighted by Crippen LogP contribution is 2.35. The van der Waals surface area contributed by atoms with Crippen LogP contribution in [0.5, 0.6) is 11.5 Å². The molecule has 5 nitrogen and oxygen atoms in total. The van der Waals surface area contributed by atoms with Gasteiger partial charge in [0.2, 0.25) is 0 Å². The number of carbonyl (C=O) groups excluding carboxylic acids is 2. The zero-order chi connectivity index (χ0) is 20.1. The van der Waals surface area contributed by atoms with Gasteiger partial charge in [-0.25, -0.2) is 0 Å². The summed E-state index contributed by atoms with van der Waals surface area (Å²) in [5.41, 5.74) is 1.65. The molecule has 3 rings (SSSR count). The van der Waals surface area contributed by atoms with Gasteiger partial charge in [-0.05, 0) is 53.6 Å². The average molecular weight is 462 g/mol. The Balaban J connectivity index is 1.80. The van der Waals surface area contributed by atoms with Gasteiger partial charge in [0, 0.05) is 4.47 Å². The summed E-state index contributed by atoms with van der Waals surface area (Å²) in [6, 6.07) is 13.0. The quantitative estimate of drug-likeness (QED) is 0.510. The summed E-state index contributed by atoms with van der Waals surface area (Å²) in [6.45, 7) is 2.87. The lowest BCUT2D eigenvalue weighted by molar-refractivity contribution is -0.123. The van der Waals surface area contributed by atoms with Crippen molar-refractivity contribution in [1.82, 2.24) is 4.90 Å². The molecule has 0 radical (unpaired) electrons. The number of benzene rings is 2. The van der Waals surface area contributed by atoms with E-state index in [1.165, 1.54) is 4.90 Å². The van der Waals surface area contributed by atoms with Gasteiger partial charge in [0.1, 0.15) is 0 Å². The molecule has 1 aliphatic rings. The van der Waals surface area contributed by atoms with Gasteiger partial charge in [-0.15, -0.1) is 0 Å². The van der Waals surface area contributed by atoms with Gasteiger partial charge in [-0.3, -0.25) is 14.5 Å². The molecular formula is C21H20BrNO4S. The lowest BCUT2D eigenvalue weighted by Crippen LogP contribution is -2.27. The average Bonchev–Trinajstić information content (AvgIpc) is 2.95. The molecule has 0 unspecified atom stereocenters. The molecule has 7 heteroatoms. The normalized spacial score (nSPS) is 15.4. The number of hydrogen-bond donors (Lipinski definition) is 0. The van der Waals surface area contributed by atoms with Crippen LogP contribution in [0.15, 0.2) is 51.8 Å². The van der Waals surface area contributed by atoms with Crippen molar-refractivity contribution in [3.05, 3.63) is 63.0 Å². The number of halogens is 1. The molecule has 0 aromatic heterocycles. The summed E-state index contributed by atoms with van der Waals surface area (Å²) < 4.78 is 11.9. The molecule has 0 aliphatic carbocycles. The number of hydrogen-bond acceptors (Lipinski definition) is 5. The van der Waals surface area contributed by atoms with E-state index >= 15 is 0 Å². The van der Waals surface area contributed by atoms with Crippen molar-refractivity contribution >= 4 is 44.9 Å². The molecule has 1 heterocycles. The first-order valence-electron chi connectivity index (χ1n) is 8.83. The number of methoxy groups -OCH3 is 1. The molecule has 1 saturated heterocycles. The first-order chi connectivity index (χ1) is 13.5. The molecule has 2 amide bonds. The van der Waals surface area contributed by atoms with E-state index in [1.807, 2.05) is 43.3 Å². The van der Waals surface area contributed by atoms with E-state index in [-0.39, 0.29) is 17.7 Å². The van der Waals surface area contributed by atoms with Gasteiger partial charge in [0.25, 0.3) is 11.1 Å². The Morgan fingerprint density at radius 1 is 1.14 bits per heavy atom. The van der Waals surface area contributed by atoms with Crippen molar-refractivity contribution in [2.24, 2.45) is 0 Å². The summed E-state index contributed by atoms with van der Waals surface area (Å²) in [4.78, 5) is 26.8. The van der Waals surface area contributed by atoms with Crippen molar-refractivity contribution in [2.75, 3.05) is 13.7 Å². The maximum absolute atomic E-state index is 12.7. The van der Waals surface area contributed by atoms with Crippen LogP contribution in [0.25, 0.3) is 6.08 Å². The van der Waals surface area contributed by atoms with Crippen molar-refractivity contribution in [3.8, 4) is 11.5 Å². The number of imide groups is 1. The van der Waals surface area contributed by atoms with E-state index in [0.717, 1.165) is 33.8 Å². The Bertz CT molecular complexity index is 928. The highest BCUT2D eigenvalue weighted by molar-refractivity contribution is 9.10. The number of ether oxygens (including phenoxy) is 2. The molecule has 2 aromatic carbocycles. The monoisotopic (exact) mass is 461 g/mol. The van der Waals surface area contributed by atoms with Crippen molar-refractivity contribution in [2.45, 2.75) is 19.9 Å². The summed E-state index contributed by atoms with van der Waals surface area (Å²) in [5, 5.41) is -0.276. The highest BCUT2D eigenvalue weighted by atomic mass is 79.9. The molecule has 2 aromatic rings. The lowest BCUT2D eigenvalue weighted by Gasteiger charge is -2.13. The minimum Gasteiger partial charge on any atom is -0.493 e. The Kier molecular flexibility index (Phi) is 6.80. The number of rotatable bonds is 7. The zero-order valence-electron chi connectivity index (χ0n) is 15.6. The Labute approximate surface area is 176 Å². The molecule has 0 spiro atoms. The fourth-order valence-corrected chi connectivity index (χ4v) is 3.94. The molecular weight excluding hydrogens is 442 g/mol. The Hall–Kier alpha value is -2.25. The number of thioether (sulfide) groups is 1. The van der Waals surface area contributed by atoms with Gasteiger partial charge in [0.05, 0.1) is 25.2 Å². The number of amides is 2. The topological polar surface area (TPSA) is 55.8 Å². The molecule has 146 valence electrons. The molecule has 1 aliphatic heterocycles. The van der Waals surface area contributed by atoms with E-state index in [4.69, 9.17) is 9.47 Å². The predicted octanol–water partition coefficient (Wildman–Crippen LogP) is 5.48. The first-order valence-corrected chi connectivity index (χ1v) is 10.4. The minimum absolute atomic E-state index is 0.233. The molecule has 1 fully saturated rings. The van der Waals surface area contributed by atoms with E-state index in [9.17, 15) is 9.59 Å². The van der Waals surface area contributed by atoms with E-state index in [0.29, 0.717) is 23.0 Å². The summed E-state index contributed by atoms with van der Waals surface area (Å²) in [6.07, 6.45) is 2.60. The smallest absolute Gasteiger partial charge is 0.293 e. The van der Waals surface area contributed by atoms with Crippen LogP contribution >= 0.6 is 27.7 Å². The maximum Gasteiger partial charge on any atom is 0.293 e. The highest BCUT2D eigenvalue weighted by Gasteiger charge is 2.35. The fourth-order valence-electron chi connectivity index (χ4n) is 2.69. The van der Waals surface area contributed by atoms with Crippen molar-refractivity contribution < 1.29 is 19.1 Å². The molecule has 0 atom stereocenters. The standard InChI is InChI=1S/C21H20BrNO4S/c1-3-10-27-17-9-8-14(11-18(17)26-2)12-19-20(24)23(21(25)28-19)13-15-6-4-5-7-16(15)22/h4-9,11-12H,3,10,13H2,1-2H3/b19-12-. The molecule has 0 N–H and O–H groups in total. The van der Waals surface area contributed by atoms with Crippen LogP contribution in [0.2, 0.25) is 0 Å². The summed E-state index contributed by atoms with van der Waals surface area (Å²) in [7, 11) is 1.57. The fraction of sp³-hybridized carbons (Fsp3) is 0.238. The van der Waals surface area contributed by atoms with Crippen LogP contribution in [-0.4, -0.2) is 29.8 Å². The lowest BCUT2D eigenvalue weighted by atomic mass is 10.1. The third-order valence-electron chi connectivity index (χ3n) is 4.11. The second-order valence-corrected chi connectivity index (χ2v) is 7.97. The third-order valence-corrected chi connectivity index (χ3v) is 5.79. The number of carbonyl (C=O) groups is 2. The van der Waals surface area contributed by atoms with Crippen LogP contribution in [-0.2, 0) is 11.3 Å². The van der Waals surface area contributed by atoms with E-state index in [1.54, 1.807) is 19.3 Å². The zero-order valence-corrected chi connectivity index (χ0v) is 18.0. The van der Waals surface area contributed by atoms with Gasteiger partial charge in [0.15, 0.2) is 11.5 Å². The second-order valence-electron chi connectivity index (χ2n) is 6.12. The first kappa shape index (κ1) is 20.5. The van der Waals surface area contributed by atoms with Gasteiger partial charge >= 0.3 is 0 Å². The SMILES string of the molecule is CCCOc1ccc(/C=C2\SC(=O)N(Cc3ccccc3Br)C2=O)cc1OC. The molecule has 0 bridgehead atoms. The van der Waals surface area contributed by atoms with Gasteiger partial charge in [-0.1, -0.05) is 47.1 Å². The Morgan fingerprint density at radius 3 is 2.64 bits per heavy atom. The van der Waals surface area contributed by atoms with Crippen LogP contribution in [0, 0.1) is 0 Å². The van der Waals surface area contributed by atoms with Crippen LogP contribution in [0.1, 0.15) is 24.5 Å². The van der Waals surface area contributed by atoms with Crippen LogP contribution in [0.4, 0.5) is 4.79 Å². The van der Waals surface area contributed by atoms with E-state index in [2.05, 4.69) is 15.9 Å². The summed E-state index contributed by atoms with van der Waals surface area (Å²) >= 11 is 4.40. The largest absolute Gasteiger partial charge is 0.493 e. The number of nitrogens with zero attached hydrogens (tertiary/aromatic N) is 1. The van der Waals surface area contributed by atoms with Crippen LogP contribution < -0.4 is 9.47 Å². The second kappa shape index (κ2) is 9.30. The van der Waals surface area contributed by atoms with Crippen molar-refractivity contribution in [3.63, 3.8) is 0 Å². The molecule has 0 saturated carbocycles. The van der Waals surface area contributed by atoms with Crippen LogP contribution in [0.3, 0.4) is 0 Å². The third kappa shape index (κ3) is 4.59. The summed E-state index contributed by atoms with van der Waals surface area (Å²) in [5.74, 6) is 0.953. The van der Waals surface area contributed by atoms with Gasteiger partial charge < -0.3 is 9.47 Å². The predicted molar refractivity (Wildman–Crippen MR) is 114 cm³/mol. The molecule has 28 heavy (non-hydrogen) atoms. The van der Waals surface area contributed by atoms with E-state index < -0.39 is 0 Å². The minimum atomic E-state index is -0.295. The van der Waals surface area contributed by atoms with Gasteiger partial charge in [-0.2, -0.15) is 0 Å². The van der Waals surface area contributed by atoms with Crippen molar-refractivity contribution in [1.29, 1.82) is 0 Å². The maximum atomic E-state index is 12.7.